The molecule has 0 N–H and O–H groups in total. The molecule has 0 aliphatic carbocycles. The normalized spacial score (nSPS) is 20.9. The van der Waals surface area contributed by atoms with E-state index in [0.29, 0.717) is 6.04 Å². The van der Waals surface area contributed by atoms with Crippen LogP contribution in [0.4, 0.5) is 0 Å². The molecule has 2 saturated heterocycles. The fourth-order valence-corrected chi connectivity index (χ4v) is 4.13. The van der Waals surface area contributed by atoms with E-state index in [2.05, 4.69) is 16.7 Å². The Morgan fingerprint density at radius 3 is 2.64 bits per heavy atom. The number of likely N-dealkylation sites (tertiary alicyclic amines) is 1. The summed E-state index contributed by atoms with van der Waals surface area (Å²) in [5, 5.41) is 0. The fraction of sp³-hybridized carbons (Fsp3) is 0.696. The van der Waals surface area contributed by atoms with Crippen molar-refractivity contribution in [3.05, 3.63) is 29.8 Å². The average Bonchev–Trinajstić information content (AvgIpc) is 2.76. The van der Waals surface area contributed by atoms with E-state index in [1.54, 1.807) is 0 Å². The molecular weight excluding hydrogens is 352 g/mol. The van der Waals surface area contributed by atoms with Crippen molar-refractivity contribution in [3.63, 3.8) is 0 Å². The van der Waals surface area contributed by atoms with E-state index in [0.717, 1.165) is 83.0 Å². The first kappa shape index (κ1) is 21.1. The first-order chi connectivity index (χ1) is 13.8. The maximum absolute atomic E-state index is 13.1. The Morgan fingerprint density at radius 1 is 1.11 bits per heavy atom. The van der Waals surface area contributed by atoms with Crippen LogP contribution in [-0.2, 0) is 4.74 Å². The first-order valence-electron chi connectivity index (χ1n) is 11.1. The zero-order valence-corrected chi connectivity index (χ0v) is 17.4. The minimum Gasteiger partial charge on any atom is -0.494 e. The number of nitrogens with zero attached hydrogens (tertiary/aromatic N) is 2. The molecule has 0 saturated carbocycles. The number of hydrogen-bond acceptors (Lipinski definition) is 4. The molecule has 0 spiro atoms. The molecule has 3 rings (SSSR count). The summed E-state index contributed by atoms with van der Waals surface area (Å²) < 4.78 is 11.2. The Kier molecular flexibility index (Phi) is 8.62. The third-order valence-corrected chi connectivity index (χ3v) is 5.89. The first-order valence-corrected chi connectivity index (χ1v) is 11.1. The summed E-state index contributed by atoms with van der Waals surface area (Å²) in [5.41, 5.74) is 0.777. The van der Waals surface area contributed by atoms with Gasteiger partial charge in [0.05, 0.1) is 19.8 Å². The molecule has 1 aromatic rings. The van der Waals surface area contributed by atoms with Crippen molar-refractivity contribution in [2.45, 2.75) is 57.9 Å². The highest BCUT2D eigenvalue weighted by molar-refractivity contribution is 5.94. The van der Waals surface area contributed by atoms with Crippen molar-refractivity contribution in [2.24, 2.45) is 0 Å². The summed E-state index contributed by atoms with van der Waals surface area (Å²) in [6.45, 7) is 8.57. The van der Waals surface area contributed by atoms with E-state index in [4.69, 9.17) is 9.47 Å². The van der Waals surface area contributed by atoms with E-state index in [1.807, 2.05) is 24.3 Å². The van der Waals surface area contributed by atoms with Crippen LogP contribution < -0.4 is 4.74 Å². The molecule has 1 unspecified atom stereocenters. The van der Waals surface area contributed by atoms with E-state index in [9.17, 15) is 4.79 Å². The molecule has 0 radical (unpaired) electrons. The molecule has 2 fully saturated rings. The van der Waals surface area contributed by atoms with Crippen LogP contribution in [0, 0.1) is 0 Å². The lowest BCUT2D eigenvalue weighted by Crippen LogP contribution is -2.46. The lowest BCUT2D eigenvalue weighted by Gasteiger charge is -2.37. The van der Waals surface area contributed by atoms with Crippen LogP contribution in [0.2, 0.25) is 0 Å². The Balaban J connectivity index is 1.52. The summed E-state index contributed by atoms with van der Waals surface area (Å²) in [6.07, 6.45) is 7.98. The maximum atomic E-state index is 13.1. The van der Waals surface area contributed by atoms with Crippen LogP contribution in [0.3, 0.4) is 0 Å². The zero-order chi connectivity index (χ0) is 19.6. The Hall–Kier alpha value is -1.59. The van der Waals surface area contributed by atoms with Crippen molar-refractivity contribution in [1.82, 2.24) is 9.80 Å². The molecule has 5 nitrogen and oxygen atoms in total. The van der Waals surface area contributed by atoms with E-state index in [-0.39, 0.29) is 5.91 Å². The number of carbonyl (C=O) groups is 1. The third-order valence-electron chi connectivity index (χ3n) is 5.89. The van der Waals surface area contributed by atoms with Gasteiger partial charge in [0.1, 0.15) is 5.75 Å². The number of unbranched alkanes of at least 4 members (excludes halogenated alkanes) is 2. The number of ether oxygens (including phenoxy) is 2. The van der Waals surface area contributed by atoms with Gasteiger partial charge in [-0.15, -0.1) is 0 Å². The molecule has 1 amide bonds. The van der Waals surface area contributed by atoms with Gasteiger partial charge in [-0.1, -0.05) is 19.8 Å². The van der Waals surface area contributed by atoms with Crippen LogP contribution >= 0.6 is 0 Å². The molecule has 0 bridgehead atoms. The van der Waals surface area contributed by atoms with Crippen molar-refractivity contribution >= 4 is 5.91 Å². The quantitative estimate of drug-likeness (QED) is 0.600. The topological polar surface area (TPSA) is 42.0 Å². The largest absolute Gasteiger partial charge is 0.494 e. The Morgan fingerprint density at radius 2 is 1.89 bits per heavy atom. The molecule has 2 aliphatic heterocycles. The van der Waals surface area contributed by atoms with Crippen LogP contribution in [0.25, 0.3) is 0 Å². The number of piperidine rings is 1. The highest BCUT2D eigenvalue weighted by atomic mass is 16.5. The van der Waals surface area contributed by atoms with Gasteiger partial charge in [0.15, 0.2) is 0 Å². The van der Waals surface area contributed by atoms with Crippen molar-refractivity contribution < 1.29 is 14.3 Å². The molecule has 5 heteroatoms. The smallest absolute Gasteiger partial charge is 0.254 e. The van der Waals surface area contributed by atoms with Gasteiger partial charge < -0.3 is 14.4 Å². The average molecular weight is 389 g/mol. The van der Waals surface area contributed by atoms with E-state index >= 15 is 0 Å². The second-order valence-electron chi connectivity index (χ2n) is 7.97. The summed E-state index contributed by atoms with van der Waals surface area (Å²) in [6, 6.07) is 8.07. The van der Waals surface area contributed by atoms with Gasteiger partial charge in [-0.05, 0) is 56.4 Å². The molecule has 2 aliphatic rings. The minimum atomic E-state index is 0.171. The second-order valence-corrected chi connectivity index (χ2v) is 7.97. The summed E-state index contributed by atoms with van der Waals surface area (Å²) in [7, 11) is 0. The van der Waals surface area contributed by atoms with Crippen molar-refractivity contribution in [3.8, 4) is 5.75 Å². The summed E-state index contributed by atoms with van der Waals surface area (Å²) in [4.78, 5) is 17.7. The third kappa shape index (κ3) is 6.21. The predicted octanol–water partition coefficient (Wildman–Crippen LogP) is 3.97. The number of benzene rings is 1. The second kappa shape index (κ2) is 11.4. The summed E-state index contributed by atoms with van der Waals surface area (Å²) >= 11 is 0. The van der Waals surface area contributed by atoms with Gasteiger partial charge in [0.2, 0.25) is 0 Å². The molecule has 1 aromatic carbocycles. The standard InChI is InChI=1S/C23H36N2O3/c1-2-3-6-17-28-22-10-8-20(9-11-22)23(26)25-13-5-4-7-21(25)12-14-24-15-18-27-19-16-24/h8-11,21H,2-7,12-19H2,1H3. The minimum absolute atomic E-state index is 0.171. The van der Waals surface area contributed by atoms with Crippen LogP contribution in [0.5, 0.6) is 5.75 Å². The summed E-state index contributed by atoms with van der Waals surface area (Å²) in [5.74, 6) is 1.03. The van der Waals surface area contributed by atoms with Crippen molar-refractivity contribution in [1.29, 1.82) is 0 Å². The van der Waals surface area contributed by atoms with Crippen LogP contribution in [0.1, 0.15) is 62.2 Å². The molecule has 156 valence electrons. The zero-order valence-electron chi connectivity index (χ0n) is 17.4. The molecule has 0 aromatic heterocycles. The fourth-order valence-electron chi connectivity index (χ4n) is 4.13. The van der Waals surface area contributed by atoms with Gasteiger partial charge >= 0.3 is 0 Å². The highest BCUT2D eigenvalue weighted by Crippen LogP contribution is 2.23. The number of carbonyl (C=O) groups excluding carboxylic acids is 1. The SMILES string of the molecule is CCCCCOc1ccc(C(=O)N2CCCCC2CCN2CCOCC2)cc1. The van der Waals surface area contributed by atoms with E-state index in [1.165, 1.54) is 19.3 Å². The van der Waals surface area contributed by atoms with Gasteiger partial charge in [0, 0.05) is 37.8 Å². The number of hydrogen-bond donors (Lipinski definition) is 0. The lowest BCUT2D eigenvalue weighted by atomic mass is 9.97. The van der Waals surface area contributed by atoms with Crippen molar-refractivity contribution in [2.75, 3.05) is 46.0 Å². The maximum Gasteiger partial charge on any atom is 0.254 e. The van der Waals surface area contributed by atoms with E-state index < -0.39 is 0 Å². The monoisotopic (exact) mass is 388 g/mol. The molecule has 1 atom stereocenters. The highest BCUT2D eigenvalue weighted by Gasteiger charge is 2.28. The van der Waals surface area contributed by atoms with Crippen LogP contribution in [-0.4, -0.2) is 67.7 Å². The lowest BCUT2D eigenvalue weighted by molar-refractivity contribution is 0.0295. The Bertz CT molecular complexity index is 584. The molecular formula is C23H36N2O3. The van der Waals surface area contributed by atoms with Crippen LogP contribution in [0.15, 0.2) is 24.3 Å². The molecule has 2 heterocycles. The van der Waals surface area contributed by atoms with Gasteiger partial charge in [0.25, 0.3) is 5.91 Å². The predicted molar refractivity (Wildman–Crippen MR) is 112 cm³/mol. The number of amides is 1. The molecule has 28 heavy (non-hydrogen) atoms. The number of rotatable bonds is 9. The van der Waals surface area contributed by atoms with Gasteiger partial charge in [-0.25, -0.2) is 0 Å². The Labute approximate surface area is 170 Å². The van der Waals surface area contributed by atoms with Gasteiger partial charge in [-0.3, -0.25) is 9.69 Å². The number of morpholine rings is 1. The van der Waals surface area contributed by atoms with Gasteiger partial charge in [-0.2, -0.15) is 0 Å².